The molecule has 3 rings (SSSR count). The molecule has 1 aliphatic heterocycles. The van der Waals surface area contributed by atoms with E-state index in [4.69, 9.17) is 9.47 Å². The first-order valence-electron chi connectivity index (χ1n) is 9.65. The molecule has 0 saturated carbocycles. The lowest BCUT2D eigenvalue weighted by atomic mass is 10.1. The number of guanidine groups is 1. The van der Waals surface area contributed by atoms with Gasteiger partial charge in [-0.25, -0.2) is 4.99 Å². The highest BCUT2D eigenvalue weighted by Crippen LogP contribution is 2.14. The summed E-state index contributed by atoms with van der Waals surface area (Å²) in [4.78, 5) is 5.99. The molecule has 0 atom stereocenters. The molecule has 7 heteroatoms. The van der Waals surface area contributed by atoms with E-state index >= 15 is 0 Å². The van der Waals surface area contributed by atoms with Crippen LogP contribution in [0.4, 0.5) is 0 Å². The van der Waals surface area contributed by atoms with E-state index < -0.39 is 0 Å². The van der Waals surface area contributed by atoms with Gasteiger partial charge in [0.2, 0.25) is 0 Å². The zero-order chi connectivity index (χ0) is 18.7. The third-order valence-electron chi connectivity index (χ3n) is 4.45. The van der Waals surface area contributed by atoms with Crippen molar-refractivity contribution >= 4 is 41.3 Å². The van der Waals surface area contributed by atoms with Crippen LogP contribution < -0.4 is 10.6 Å². The average Bonchev–Trinajstić information content (AvgIpc) is 3.24. The van der Waals surface area contributed by atoms with E-state index in [0.717, 1.165) is 45.1 Å². The van der Waals surface area contributed by atoms with Crippen molar-refractivity contribution in [3.05, 3.63) is 57.8 Å². The van der Waals surface area contributed by atoms with E-state index in [9.17, 15) is 0 Å². The predicted molar refractivity (Wildman–Crippen MR) is 126 cm³/mol. The first kappa shape index (κ1) is 23.1. The van der Waals surface area contributed by atoms with Crippen LogP contribution in [0.3, 0.4) is 0 Å². The average molecular weight is 515 g/mol. The lowest BCUT2D eigenvalue weighted by Gasteiger charge is -2.22. The maximum atomic E-state index is 5.98. The molecule has 5 nitrogen and oxygen atoms in total. The fourth-order valence-corrected chi connectivity index (χ4v) is 3.54. The summed E-state index contributed by atoms with van der Waals surface area (Å²) in [5.74, 6) is 0.845. The summed E-state index contributed by atoms with van der Waals surface area (Å²) in [6.45, 7) is 6.67. The number of nitrogens with one attached hydrogen (secondary N) is 2. The summed E-state index contributed by atoms with van der Waals surface area (Å²) >= 11 is 1.75. The summed E-state index contributed by atoms with van der Waals surface area (Å²) in [5.41, 5.74) is 2.40. The molecule has 2 N–H and O–H groups in total. The minimum absolute atomic E-state index is 0. The maximum absolute atomic E-state index is 5.98. The van der Waals surface area contributed by atoms with Crippen LogP contribution in [0.5, 0.6) is 0 Å². The van der Waals surface area contributed by atoms with Crippen LogP contribution in [0.1, 0.15) is 35.8 Å². The molecule has 0 unspecified atom stereocenters. The van der Waals surface area contributed by atoms with Crippen LogP contribution >= 0.6 is 35.3 Å². The Balaban J connectivity index is 0.00000280. The fourth-order valence-electron chi connectivity index (χ4n) is 2.89. The van der Waals surface area contributed by atoms with Gasteiger partial charge in [-0.05, 0) is 42.3 Å². The molecule has 2 heterocycles. The van der Waals surface area contributed by atoms with Crippen LogP contribution in [-0.4, -0.2) is 31.8 Å². The summed E-state index contributed by atoms with van der Waals surface area (Å²) < 4.78 is 11.3. The molecule has 1 saturated heterocycles. The van der Waals surface area contributed by atoms with E-state index in [0.29, 0.717) is 19.3 Å². The van der Waals surface area contributed by atoms with Gasteiger partial charge in [-0.1, -0.05) is 30.3 Å². The zero-order valence-corrected chi connectivity index (χ0v) is 19.5. The van der Waals surface area contributed by atoms with Crippen molar-refractivity contribution in [1.29, 1.82) is 0 Å². The van der Waals surface area contributed by atoms with E-state index in [2.05, 4.69) is 64.3 Å². The molecule has 1 aromatic carbocycles. The number of nitrogens with zero attached hydrogens (tertiary/aromatic N) is 1. The standard InChI is InChI=1S/C21H29N3O2S.HI/c1-2-22-21(24-15-20-4-3-13-27-20)23-14-17-5-7-18(8-6-17)16-26-19-9-11-25-12-10-19;/h3-8,13,19H,2,9-12,14-16H2,1H3,(H2,22,23,24);1H. The second kappa shape index (κ2) is 13.1. The molecule has 154 valence electrons. The molecular weight excluding hydrogens is 485 g/mol. The van der Waals surface area contributed by atoms with Crippen molar-refractivity contribution in [1.82, 2.24) is 10.6 Å². The molecule has 1 fully saturated rings. The normalized spacial score (nSPS) is 15.1. The molecule has 0 aliphatic carbocycles. The van der Waals surface area contributed by atoms with Gasteiger partial charge in [-0.15, -0.1) is 35.3 Å². The van der Waals surface area contributed by atoms with Crippen LogP contribution in [0.2, 0.25) is 0 Å². The highest BCUT2D eigenvalue weighted by Gasteiger charge is 2.13. The van der Waals surface area contributed by atoms with Crippen LogP contribution in [0.15, 0.2) is 46.8 Å². The second-order valence-electron chi connectivity index (χ2n) is 6.57. The molecule has 0 radical (unpaired) electrons. The van der Waals surface area contributed by atoms with Gasteiger partial charge in [0, 0.05) is 24.6 Å². The number of ether oxygens (including phenoxy) is 2. The first-order chi connectivity index (χ1) is 13.3. The number of hydrogen-bond acceptors (Lipinski definition) is 4. The Kier molecular flexibility index (Phi) is 10.8. The van der Waals surface area contributed by atoms with Gasteiger partial charge in [-0.3, -0.25) is 0 Å². The molecule has 0 spiro atoms. The fraction of sp³-hybridized carbons (Fsp3) is 0.476. The highest BCUT2D eigenvalue weighted by atomic mass is 127. The smallest absolute Gasteiger partial charge is 0.191 e. The third-order valence-corrected chi connectivity index (χ3v) is 5.33. The molecule has 28 heavy (non-hydrogen) atoms. The molecule has 0 bridgehead atoms. The summed E-state index contributed by atoms with van der Waals surface area (Å²) in [6.07, 6.45) is 2.33. The summed E-state index contributed by atoms with van der Waals surface area (Å²) in [7, 11) is 0. The van der Waals surface area contributed by atoms with Gasteiger partial charge in [0.15, 0.2) is 5.96 Å². The van der Waals surface area contributed by atoms with Gasteiger partial charge < -0.3 is 20.1 Å². The molecule has 1 aliphatic rings. The van der Waals surface area contributed by atoms with E-state index in [1.54, 1.807) is 11.3 Å². The van der Waals surface area contributed by atoms with Crippen molar-refractivity contribution in [2.24, 2.45) is 4.99 Å². The minimum Gasteiger partial charge on any atom is -0.381 e. The summed E-state index contributed by atoms with van der Waals surface area (Å²) in [6, 6.07) is 12.7. The lowest BCUT2D eigenvalue weighted by Crippen LogP contribution is -2.36. The number of hydrogen-bond donors (Lipinski definition) is 2. The van der Waals surface area contributed by atoms with E-state index in [1.807, 2.05) is 0 Å². The zero-order valence-electron chi connectivity index (χ0n) is 16.4. The lowest BCUT2D eigenvalue weighted by molar-refractivity contribution is -0.0390. The van der Waals surface area contributed by atoms with Gasteiger partial charge in [0.1, 0.15) is 0 Å². The SMILES string of the molecule is CCNC(=NCc1ccc(COC2CCOCC2)cc1)NCc1cccs1.I. The predicted octanol–water partition coefficient (Wildman–Crippen LogP) is 4.32. The number of benzene rings is 1. The Morgan fingerprint density at radius 2 is 1.89 bits per heavy atom. The Hall–Kier alpha value is -1.16. The molecule has 0 amide bonds. The minimum atomic E-state index is 0. The van der Waals surface area contributed by atoms with Crippen molar-refractivity contribution in [3.8, 4) is 0 Å². The van der Waals surface area contributed by atoms with Crippen LogP contribution in [0, 0.1) is 0 Å². The largest absolute Gasteiger partial charge is 0.381 e. The molecular formula is C21H30IN3O2S. The van der Waals surface area contributed by atoms with Gasteiger partial charge in [-0.2, -0.15) is 0 Å². The van der Waals surface area contributed by atoms with Gasteiger partial charge in [0.05, 0.1) is 25.8 Å². The van der Waals surface area contributed by atoms with Crippen LogP contribution in [0.25, 0.3) is 0 Å². The first-order valence-corrected chi connectivity index (χ1v) is 10.5. The van der Waals surface area contributed by atoms with Crippen molar-refractivity contribution in [2.75, 3.05) is 19.8 Å². The number of halogens is 1. The monoisotopic (exact) mass is 515 g/mol. The Bertz CT molecular complexity index is 686. The molecule has 1 aromatic heterocycles. The van der Waals surface area contributed by atoms with Crippen LogP contribution in [-0.2, 0) is 29.2 Å². The van der Waals surface area contributed by atoms with E-state index in [-0.39, 0.29) is 24.0 Å². The Labute approximate surface area is 189 Å². The molecule has 2 aromatic rings. The van der Waals surface area contributed by atoms with Gasteiger partial charge in [0.25, 0.3) is 0 Å². The highest BCUT2D eigenvalue weighted by molar-refractivity contribution is 14.0. The number of thiophene rings is 1. The van der Waals surface area contributed by atoms with E-state index in [1.165, 1.54) is 16.0 Å². The number of rotatable bonds is 8. The van der Waals surface area contributed by atoms with Gasteiger partial charge >= 0.3 is 0 Å². The topological polar surface area (TPSA) is 54.9 Å². The van der Waals surface area contributed by atoms with Crippen molar-refractivity contribution in [3.63, 3.8) is 0 Å². The Morgan fingerprint density at radius 1 is 1.14 bits per heavy atom. The summed E-state index contributed by atoms with van der Waals surface area (Å²) in [5, 5.41) is 8.77. The third kappa shape index (κ3) is 8.06. The second-order valence-corrected chi connectivity index (χ2v) is 7.60. The quantitative estimate of drug-likeness (QED) is 0.313. The van der Waals surface area contributed by atoms with Crippen molar-refractivity contribution in [2.45, 2.75) is 45.6 Å². The number of aliphatic imine (C=N–C) groups is 1. The maximum Gasteiger partial charge on any atom is 0.191 e. The van der Waals surface area contributed by atoms with Crippen molar-refractivity contribution < 1.29 is 9.47 Å². The Morgan fingerprint density at radius 3 is 2.57 bits per heavy atom.